The van der Waals surface area contributed by atoms with Crippen molar-refractivity contribution in [2.75, 3.05) is 6.61 Å². The number of nitro benzene ring substituents is 1. The molecular formula is C29H26NO5S+. The molecule has 0 saturated heterocycles. The van der Waals surface area contributed by atoms with Gasteiger partial charge in [-0.2, -0.15) is 0 Å². The first-order valence-electron chi connectivity index (χ1n) is 11.4. The number of carbonyl (C=O) groups is 1. The van der Waals surface area contributed by atoms with Crippen LogP contribution in [0.2, 0.25) is 0 Å². The molecule has 0 N–H and O–H groups in total. The Morgan fingerprint density at radius 2 is 1.28 bits per heavy atom. The van der Waals surface area contributed by atoms with Gasteiger partial charge in [0.2, 0.25) is 0 Å². The van der Waals surface area contributed by atoms with Crippen LogP contribution in [0, 0.1) is 10.1 Å². The van der Waals surface area contributed by atoms with Crippen molar-refractivity contribution < 1.29 is 19.2 Å². The zero-order valence-electron chi connectivity index (χ0n) is 20.0. The summed E-state index contributed by atoms with van der Waals surface area (Å²) in [5.41, 5.74) is -0.325. The third kappa shape index (κ3) is 6.12. The van der Waals surface area contributed by atoms with E-state index in [4.69, 9.17) is 9.47 Å². The molecule has 4 aromatic rings. The number of non-ortho nitro benzene ring substituents is 1. The number of ether oxygens (including phenoxy) is 2. The molecule has 0 aliphatic carbocycles. The maximum Gasteiger partial charge on any atom is 0.345 e. The van der Waals surface area contributed by atoms with Crippen molar-refractivity contribution in [2.24, 2.45) is 0 Å². The zero-order chi connectivity index (χ0) is 25.5. The van der Waals surface area contributed by atoms with Crippen LogP contribution in [0.25, 0.3) is 0 Å². The van der Waals surface area contributed by atoms with Gasteiger partial charge in [0.1, 0.15) is 11.4 Å². The molecule has 0 saturated carbocycles. The van der Waals surface area contributed by atoms with E-state index in [9.17, 15) is 14.9 Å². The highest BCUT2D eigenvalue weighted by molar-refractivity contribution is 7.97. The van der Waals surface area contributed by atoms with Crippen LogP contribution >= 0.6 is 0 Å². The molecule has 0 amide bonds. The van der Waals surface area contributed by atoms with Crippen molar-refractivity contribution >= 4 is 22.6 Å². The fourth-order valence-corrected chi connectivity index (χ4v) is 5.78. The molecule has 0 aliphatic heterocycles. The highest BCUT2D eigenvalue weighted by Crippen LogP contribution is 2.32. The van der Waals surface area contributed by atoms with E-state index in [0.717, 1.165) is 4.90 Å². The Bertz CT molecular complexity index is 1270. The van der Waals surface area contributed by atoms with Crippen LogP contribution in [0.1, 0.15) is 19.4 Å². The largest absolute Gasteiger partial charge is 0.482 e. The standard InChI is InChI=1S/C29H26NO5S/c1-29(2,22-13-15-23(16-14-22)30(32)33)35-28(31)21-34-24-17-19-27(20-18-24)36(25-9-5-3-6-10-25)26-11-7-4-8-12-26/h3-20H,21H2,1-2H3/q+1. The van der Waals surface area contributed by atoms with E-state index in [1.807, 2.05) is 60.7 Å². The lowest BCUT2D eigenvalue weighted by molar-refractivity contribution is -0.384. The van der Waals surface area contributed by atoms with Crippen molar-refractivity contribution in [2.45, 2.75) is 34.1 Å². The van der Waals surface area contributed by atoms with Gasteiger partial charge in [0.15, 0.2) is 21.3 Å². The zero-order valence-corrected chi connectivity index (χ0v) is 20.8. The average molecular weight is 501 g/mol. The lowest BCUT2D eigenvalue weighted by Gasteiger charge is -2.25. The minimum absolute atomic E-state index is 0.0185. The summed E-state index contributed by atoms with van der Waals surface area (Å²) >= 11 is 0. The van der Waals surface area contributed by atoms with Crippen LogP contribution in [0.5, 0.6) is 5.75 Å². The summed E-state index contributed by atoms with van der Waals surface area (Å²) in [4.78, 5) is 26.4. The van der Waals surface area contributed by atoms with Crippen LogP contribution in [0.3, 0.4) is 0 Å². The van der Waals surface area contributed by atoms with Gasteiger partial charge < -0.3 is 9.47 Å². The number of hydrogen-bond donors (Lipinski definition) is 0. The maximum absolute atomic E-state index is 12.5. The normalized spacial score (nSPS) is 11.2. The van der Waals surface area contributed by atoms with Crippen molar-refractivity contribution in [3.63, 3.8) is 0 Å². The number of benzene rings is 4. The molecular weight excluding hydrogens is 474 g/mol. The van der Waals surface area contributed by atoms with Gasteiger partial charge in [-0.25, -0.2) is 4.79 Å². The van der Waals surface area contributed by atoms with E-state index in [1.54, 1.807) is 26.0 Å². The second-order valence-corrected chi connectivity index (χ2v) is 10.5. The van der Waals surface area contributed by atoms with Gasteiger partial charge in [-0.3, -0.25) is 10.1 Å². The molecule has 0 atom stereocenters. The number of nitro groups is 1. The molecule has 0 radical (unpaired) electrons. The summed E-state index contributed by atoms with van der Waals surface area (Å²) < 4.78 is 11.3. The number of nitrogens with zero attached hydrogens (tertiary/aromatic N) is 1. The SMILES string of the molecule is CC(C)(OC(=O)COc1ccc([S+](c2ccccc2)c2ccccc2)cc1)c1ccc([N+](=O)[O-])cc1. The van der Waals surface area contributed by atoms with E-state index in [1.165, 1.54) is 21.9 Å². The van der Waals surface area contributed by atoms with Crippen LogP contribution < -0.4 is 4.74 Å². The van der Waals surface area contributed by atoms with Gasteiger partial charge in [-0.15, -0.1) is 0 Å². The Kier molecular flexibility index (Phi) is 7.71. The van der Waals surface area contributed by atoms with E-state index < -0.39 is 16.5 Å². The summed E-state index contributed by atoms with van der Waals surface area (Å²) in [6.07, 6.45) is 0. The van der Waals surface area contributed by atoms with E-state index in [2.05, 4.69) is 24.3 Å². The predicted octanol–water partition coefficient (Wildman–Crippen LogP) is 6.55. The maximum atomic E-state index is 12.5. The van der Waals surface area contributed by atoms with Gasteiger partial charge in [0, 0.05) is 12.1 Å². The van der Waals surface area contributed by atoms with E-state index in [0.29, 0.717) is 11.3 Å². The summed E-state index contributed by atoms with van der Waals surface area (Å²) in [6, 6.07) is 34.4. The highest BCUT2D eigenvalue weighted by Gasteiger charge is 2.29. The number of rotatable bonds is 9. The number of carbonyl (C=O) groups excluding carboxylic acids is 1. The van der Waals surface area contributed by atoms with Crippen molar-refractivity contribution in [1.29, 1.82) is 0 Å². The molecule has 36 heavy (non-hydrogen) atoms. The molecule has 4 rings (SSSR count). The molecule has 0 heterocycles. The number of hydrogen-bond acceptors (Lipinski definition) is 5. The van der Waals surface area contributed by atoms with Crippen molar-refractivity contribution in [3.8, 4) is 5.75 Å². The van der Waals surface area contributed by atoms with Gasteiger partial charge in [-0.1, -0.05) is 36.4 Å². The van der Waals surface area contributed by atoms with Crippen LogP contribution in [-0.2, 0) is 26.0 Å². The third-order valence-corrected chi connectivity index (χ3v) is 7.75. The van der Waals surface area contributed by atoms with Crippen molar-refractivity contribution in [3.05, 3.63) is 125 Å². The molecule has 4 aromatic carbocycles. The smallest absolute Gasteiger partial charge is 0.345 e. The first kappa shape index (κ1) is 25.0. The van der Waals surface area contributed by atoms with Gasteiger partial charge in [0.25, 0.3) is 5.69 Å². The van der Waals surface area contributed by atoms with Gasteiger partial charge in [-0.05, 0) is 80.1 Å². The molecule has 0 unspecified atom stereocenters. The Labute approximate surface area is 213 Å². The Hall–Kier alpha value is -4.10. The second-order valence-electron chi connectivity index (χ2n) is 8.48. The summed E-state index contributed by atoms with van der Waals surface area (Å²) in [5.74, 6) is 0.0317. The monoisotopic (exact) mass is 500 g/mol. The first-order chi connectivity index (χ1) is 17.3. The third-order valence-electron chi connectivity index (χ3n) is 5.52. The Morgan fingerprint density at radius 1 is 0.778 bits per heavy atom. The fourth-order valence-electron chi connectivity index (χ4n) is 3.69. The minimum Gasteiger partial charge on any atom is -0.482 e. The van der Waals surface area contributed by atoms with Crippen LogP contribution in [0.15, 0.2) is 124 Å². The topological polar surface area (TPSA) is 78.7 Å². The molecule has 0 fully saturated rings. The minimum atomic E-state index is -0.959. The Morgan fingerprint density at radius 3 is 1.78 bits per heavy atom. The molecule has 0 aliphatic rings. The Balaban J connectivity index is 1.41. The lowest BCUT2D eigenvalue weighted by Crippen LogP contribution is -2.28. The van der Waals surface area contributed by atoms with Crippen LogP contribution in [-0.4, -0.2) is 17.5 Å². The van der Waals surface area contributed by atoms with Crippen LogP contribution in [0.4, 0.5) is 5.69 Å². The summed E-state index contributed by atoms with van der Waals surface area (Å²) in [5, 5.41) is 10.9. The highest BCUT2D eigenvalue weighted by atomic mass is 32.2. The second kappa shape index (κ2) is 11.1. The molecule has 6 nitrogen and oxygen atoms in total. The number of esters is 1. The molecule has 0 aromatic heterocycles. The van der Waals surface area contributed by atoms with Gasteiger partial charge >= 0.3 is 5.97 Å². The van der Waals surface area contributed by atoms with E-state index >= 15 is 0 Å². The quantitative estimate of drug-likeness (QED) is 0.113. The molecule has 0 bridgehead atoms. The predicted molar refractivity (Wildman–Crippen MR) is 139 cm³/mol. The van der Waals surface area contributed by atoms with Gasteiger partial charge in [0.05, 0.1) is 15.8 Å². The molecule has 7 heteroatoms. The molecule has 0 spiro atoms. The lowest BCUT2D eigenvalue weighted by atomic mass is 9.98. The van der Waals surface area contributed by atoms with E-state index in [-0.39, 0.29) is 23.2 Å². The molecule has 182 valence electrons. The average Bonchev–Trinajstić information content (AvgIpc) is 2.89. The summed E-state index contributed by atoms with van der Waals surface area (Å²) in [7, 11) is -0.264. The van der Waals surface area contributed by atoms with Crippen molar-refractivity contribution in [1.82, 2.24) is 0 Å². The summed E-state index contributed by atoms with van der Waals surface area (Å²) in [6.45, 7) is 3.21. The fraction of sp³-hybridized carbons (Fsp3) is 0.138. The first-order valence-corrected chi connectivity index (χ1v) is 12.6.